The summed E-state index contributed by atoms with van der Waals surface area (Å²) in [5.41, 5.74) is 4.64. The van der Waals surface area contributed by atoms with Crippen molar-refractivity contribution in [2.24, 2.45) is 0 Å². The largest absolute Gasteiger partial charge is 0.311 e. The van der Waals surface area contributed by atoms with Gasteiger partial charge in [0.25, 0.3) is 0 Å². The highest BCUT2D eigenvalue weighted by atomic mass is 35.5. The van der Waals surface area contributed by atoms with E-state index < -0.39 is 0 Å². The van der Waals surface area contributed by atoms with Gasteiger partial charge < -0.3 is 5.32 Å². The average Bonchev–Trinajstić information content (AvgIpc) is 3.18. The van der Waals surface area contributed by atoms with Gasteiger partial charge in [-0.05, 0) is 48.4 Å². The Morgan fingerprint density at radius 2 is 1.68 bits per heavy atom. The van der Waals surface area contributed by atoms with Crippen molar-refractivity contribution in [1.82, 2.24) is 20.3 Å². The third-order valence-electron chi connectivity index (χ3n) is 4.90. The fourth-order valence-corrected chi connectivity index (χ4v) is 3.64. The standard InChI is InChI=1S/C24H21Cl2FN4/c25-20-9-6-17(7-10-20)12-13-28-15-23-24(18-4-2-1-3-5-18)30-31(29-23)16-19-8-11-21(27)14-22(19)26/h1-11,14,28H,12-13,15-16H2. The summed E-state index contributed by atoms with van der Waals surface area (Å²) in [5.74, 6) is -0.363. The number of hydrogen-bond acceptors (Lipinski definition) is 3. The Morgan fingerprint density at radius 1 is 0.903 bits per heavy atom. The highest BCUT2D eigenvalue weighted by molar-refractivity contribution is 6.31. The average molecular weight is 455 g/mol. The molecule has 0 fully saturated rings. The second-order valence-corrected chi connectivity index (χ2v) is 8.02. The number of halogens is 3. The lowest BCUT2D eigenvalue weighted by Crippen LogP contribution is -2.17. The molecule has 0 radical (unpaired) electrons. The molecule has 1 N–H and O–H groups in total. The quantitative estimate of drug-likeness (QED) is 0.343. The smallest absolute Gasteiger partial charge is 0.124 e. The van der Waals surface area contributed by atoms with Gasteiger partial charge in [0.05, 0.1) is 6.54 Å². The summed E-state index contributed by atoms with van der Waals surface area (Å²) in [5, 5.41) is 13.9. The molecule has 0 saturated heterocycles. The summed E-state index contributed by atoms with van der Waals surface area (Å²) < 4.78 is 13.4. The van der Waals surface area contributed by atoms with Crippen LogP contribution in [0, 0.1) is 5.82 Å². The maximum atomic E-state index is 13.4. The number of benzene rings is 3. The van der Waals surface area contributed by atoms with E-state index in [4.69, 9.17) is 23.2 Å². The minimum Gasteiger partial charge on any atom is -0.311 e. The molecule has 158 valence electrons. The van der Waals surface area contributed by atoms with Crippen LogP contribution in [0.4, 0.5) is 4.39 Å². The second kappa shape index (κ2) is 10.1. The minimum atomic E-state index is -0.363. The summed E-state index contributed by atoms with van der Waals surface area (Å²) in [6, 6.07) is 22.2. The van der Waals surface area contributed by atoms with Gasteiger partial charge in [-0.2, -0.15) is 15.0 Å². The third-order valence-corrected chi connectivity index (χ3v) is 5.50. The zero-order valence-corrected chi connectivity index (χ0v) is 18.2. The van der Waals surface area contributed by atoms with Crippen LogP contribution >= 0.6 is 23.2 Å². The molecule has 0 amide bonds. The van der Waals surface area contributed by atoms with Crippen molar-refractivity contribution in [2.75, 3.05) is 6.54 Å². The Morgan fingerprint density at radius 3 is 2.42 bits per heavy atom. The van der Waals surface area contributed by atoms with Crippen molar-refractivity contribution in [2.45, 2.75) is 19.5 Å². The van der Waals surface area contributed by atoms with Gasteiger partial charge in [0, 0.05) is 22.2 Å². The minimum absolute atomic E-state index is 0.362. The van der Waals surface area contributed by atoms with Gasteiger partial charge in [0.1, 0.15) is 17.2 Å². The Balaban J connectivity index is 1.49. The van der Waals surface area contributed by atoms with Gasteiger partial charge in [0.15, 0.2) is 0 Å². The van der Waals surface area contributed by atoms with Crippen LogP contribution < -0.4 is 5.32 Å². The van der Waals surface area contributed by atoms with Crippen LogP contribution in [0.15, 0.2) is 72.8 Å². The molecule has 0 aliphatic carbocycles. The first-order valence-electron chi connectivity index (χ1n) is 9.97. The van der Waals surface area contributed by atoms with Crippen LogP contribution in [0.5, 0.6) is 0 Å². The number of nitrogens with one attached hydrogen (secondary N) is 1. The van der Waals surface area contributed by atoms with Crippen molar-refractivity contribution in [3.8, 4) is 11.3 Å². The van der Waals surface area contributed by atoms with Gasteiger partial charge in [-0.15, -0.1) is 0 Å². The molecule has 4 rings (SSSR count). The summed E-state index contributed by atoms with van der Waals surface area (Å²) in [7, 11) is 0. The molecule has 0 atom stereocenters. The molecule has 1 heterocycles. The highest BCUT2D eigenvalue weighted by Gasteiger charge is 2.14. The van der Waals surface area contributed by atoms with E-state index >= 15 is 0 Å². The van der Waals surface area contributed by atoms with Gasteiger partial charge in [-0.3, -0.25) is 0 Å². The molecular weight excluding hydrogens is 434 g/mol. The Labute approximate surface area is 190 Å². The highest BCUT2D eigenvalue weighted by Crippen LogP contribution is 2.22. The zero-order chi connectivity index (χ0) is 21.6. The topological polar surface area (TPSA) is 42.7 Å². The normalized spacial score (nSPS) is 11.1. The Kier molecular flexibility index (Phi) is 6.97. The predicted octanol–water partition coefficient (Wildman–Crippen LogP) is 5.77. The van der Waals surface area contributed by atoms with Gasteiger partial charge in [-0.25, -0.2) is 4.39 Å². The summed E-state index contributed by atoms with van der Waals surface area (Å²) in [6.07, 6.45) is 0.886. The summed E-state index contributed by atoms with van der Waals surface area (Å²) in [4.78, 5) is 1.61. The van der Waals surface area contributed by atoms with E-state index in [0.29, 0.717) is 18.1 Å². The van der Waals surface area contributed by atoms with Gasteiger partial charge in [-0.1, -0.05) is 71.7 Å². The first kappa shape index (κ1) is 21.5. The van der Waals surface area contributed by atoms with Crippen LogP contribution in [0.3, 0.4) is 0 Å². The predicted molar refractivity (Wildman–Crippen MR) is 123 cm³/mol. The molecular formula is C24H21Cl2FN4. The van der Waals surface area contributed by atoms with Crippen LogP contribution in [0.25, 0.3) is 11.3 Å². The van der Waals surface area contributed by atoms with Crippen molar-refractivity contribution in [1.29, 1.82) is 0 Å². The number of aromatic nitrogens is 3. The van der Waals surface area contributed by atoms with Crippen LogP contribution in [-0.2, 0) is 19.5 Å². The molecule has 7 heteroatoms. The van der Waals surface area contributed by atoms with Crippen LogP contribution in [0.2, 0.25) is 10.0 Å². The summed E-state index contributed by atoms with van der Waals surface area (Å²) >= 11 is 12.1. The zero-order valence-electron chi connectivity index (χ0n) is 16.7. The maximum absolute atomic E-state index is 13.4. The molecule has 1 aromatic heterocycles. The number of hydrogen-bond donors (Lipinski definition) is 1. The number of rotatable bonds is 8. The van der Waals surface area contributed by atoms with E-state index in [1.165, 1.54) is 17.7 Å². The van der Waals surface area contributed by atoms with Crippen molar-refractivity contribution in [3.63, 3.8) is 0 Å². The maximum Gasteiger partial charge on any atom is 0.124 e. The van der Waals surface area contributed by atoms with Crippen LogP contribution in [0.1, 0.15) is 16.8 Å². The van der Waals surface area contributed by atoms with Gasteiger partial charge in [0.2, 0.25) is 0 Å². The molecule has 31 heavy (non-hydrogen) atoms. The molecule has 3 aromatic carbocycles. The molecule has 0 aliphatic rings. The molecule has 0 unspecified atom stereocenters. The first-order chi connectivity index (χ1) is 15.1. The van der Waals surface area contributed by atoms with E-state index in [2.05, 4.69) is 15.5 Å². The lowest BCUT2D eigenvalue weighted by atomic mass is 10.1. The SMILES string of the molecule is Fc1ccc(Cn2nc(CNCCc3ccc(Cl)cc3)c(-c3ccccc3)n2)c(Cl)c1. The monoisotopic (exact) mass is 454 g/mol. The van der Waals surface area contributed by atoms with E-state index in [0.717, 1.165) is 40.5 Å². The van der Waals surface area contributed by atoms with E-state index in [-0.39, 0.29) is 5.82 Å². The lowest BCUT2D eigenvalue weighted by Gasteiger charge is -2.05. The fraction of sp³-hybridized carbons (Fsp3) is 0.167. The second-order valence-electron chi connectivity index (χ2n) is 7.18. The van der Waals surface area contributed by atoms with E-state index in [1.54, 1.807) is 10.9 Å². The fourth-order valence-electron chi connectivity index (χ4n) is 3.29. The molecule has 0 saturated carbocycles. The van der Waals surface area contributed by atoms with Crippen molar-refractivity contribution < 1.29 is 4.39 Å². The Bertz CT molecular complexity index is 1140. The summed E-state index contributed by atoms with van der Waals surface area (Å²) in [6.45, 7) is 1.74. The molecule has 0 spiro atoms. The van der Waals surface area contributed by atoms with Crippen molar-refractivity contribution >= 4 is 23.2 Å². The Hall–Kier alpha value is -2.73. The van der Waals surface area contributed by atoms with E-state index in [1.807, 2.05) is 54.6 Å². The molecule has 4 aromatic rings. The third kappa shape index (κ3) is 5.70. The first-order valence-corrected chi connectivity index (χ1v) is 10.7. The number of nitrogens with zero attached hydrogens (tertiary/aromatic N) is 3. The van der Waals surface area contributed by atoms with E-state index in [9.17, 15) is 4.39 Å². The van der Waals surface area contributed by atoms with Gasteiger partial charge >= 0.3 is 0 Å². The molecule has 0 aliphatic heterocycles. The van der Waals surface area contributed by atoms with Crippen LogP contribution in [-0.4, -0.2) is 21.5 Å². The molecule has 4 nitrogen and oxygen atoms in total. The van der Waals surface area contributed by atoms with Crippen molar-refractivity contribution in [3.05, 3.63) is 105 Å². The lowest BCUT2D eigenvalue weighted by molar-refractivity contribution is 0.574. The molecule has 0 bridgehead atoms.